The fourth-order valence-corrected chi connectivity index (χ4v) is 2.56. The van der Waals surface area contributed by atoms with Crippen LogP contribution >= 0.6 is 11.6 Å². The number of hydrogen-bond donors (Lipinski definition) is 1. The molecule has 0 radical (unpaired) electrons. The van der Waals surface area contributed by atoms with Gasteiger partial charge in [0, 0.05) is 13.8 Å². The molecule has 0 spiro atoms. The average molecular weight is 310 g/mol. The first-order valence-electron chi connectivity index (χ1n) is 6.56. The van der Waals surface area contributed by atoms with Crippen LogP contribution in [0.15, 0.2) is 18.2 Å². The molecule has 3 rings (SSSR count). The maximum absolute atomic E-state index is 6.05. The first-order chi connectivity index (χ1) is 9.91. The van der Waals surface area contributed by atoms with E-state index < -0.39 is 5.79 Å². The highest BCUT2D eigenvalue weighted by atomic mass is 35.5. The predicted molar refractivity (Wildman–Crippen MR) is 78.7 cm³/mol. The first kappa shape index (κ1) is 14.1. The molecule has 0 bridgehead atoms. The van der Waals surface area contributed by atoms with Crippen molar-refractivity contribution in [3.8, 4) is 0 Å². The van der Waals surface area contributed by atoms with Crippen LogP contribution in [0.3, 0.4) is 0 Å². The molecule has 1 unspecified atom stereocenters. The van der Waals surface area contributed by atoms with Gasteiger partial charge < -0.3 is 19.8 Å². The number of nitrogen functional groups attached to an aromatic ring is 1. The number of ether oxygens (including phenoxy) is 2. The lowest BCUT2D eigenvalue weighted by atomic mass is 10.2. The first-order valence-corrected chi connectivity index (χ1v) is 6.94. The Hall–Kier alpha value is -1.86. The number of aromatic nitrogens is 4. The molecule has 0 aliphatic carbocycles. The number of imidazole rings is 1. The minimum absolute atomic E-state index is 0.106. The summed E-state index contributed by atoms with van der Waals surface area (Å²) in [4.78, 5) is 12.4. The molecule has 21 heavy (non-hydrogen) atoms. The normalized spacial score (nSPS) is 23.4. The SMILES string of the molecule is CC=C1OC(C)(C)OCC1n1cnc2c(Cl)nc(N)nc21. The molecule has 1 saturated heterocycles. The quantitative estimate of drug-likeness (QED) is 0.813. The third kappa shape index (κ3) is 2.43. The lowest BCUT2D eigenvalue weighted by molar-refractivity contribution is -0.229. The van der Waals surface area contributed by atoms with Crippen LogP contribution < -0.4 is 5.73 Å². The van der Waals surface area contributed by atoms with Gasteiger partial charge in [-0.25, -0.2) is 4.98 Å². The fraction of sp³-hybridized carbons (Fsp3) is 0.462. The van der Waals surface area contributed by atoms with Crippen molar-refractivity contribution in [2.75, 3.05) is 12.3 Å². The highest BCUT2D eigenvalue weighted by Crippen LogP contribution is 2.34. The summed E-state index contributed by atoms with van der Waals surface area (Å²) in [5, 5.41) is 0.233. The van der Waals surface area contributed by atoms with E-state index in [1.807, 2.05) is 31.4 Å². The second-order valence-electron chi connectivity index (χ2n) is 5.22. The minimum Gasteiger partial charge on any atom is -0.465 e. The van der Waals surface area contributed by atoms with Crippen molar-refractivity contribution in [3.05, 3.63) is 23.3 Å². The molecule has 1 aliphatic heterocycles. The van der Waals surface area contributed by atoms with Gasteiger partial charge in [0.2, 0.25) is 11.7 Å². The smallest absolute Gasteiger partial charge is 0.223 e. The number of nitrogens with two attached hydrogens (primary N) is 1. The van der Waals surface area contributed by atoms with Gasteiger partial charge in [-0.1, -0.05) is 11.6 Å². The summed E-state index contributed by atoms with van der Waals surface area (Å²) in [5.41, 5.74) is 6.73. The average Bonchev–Trinajstić information content (AvgIpc) is 2.81. The maximum atomic E-state index is 6.05. The summed E-state index contributed by atoms with van der Waals surface area (Å²) >= 11 is 6.05. The molecule has 2 N–H and O–H groups in total. The number of halogens is 1. The molecule has 8 heteroatoms. The van der Waals surface area contributed by atoms with Crippen molar-refractivity contribution >= 4 is 28.7 Å². The fourth-order valence-electron chi connectivity index (χ4n) is 2.34. The zero-order valence-electron chi connectivity index (χ0n) is 12.0. The largest absolute Gasteiger partial charge is 0.465 e. The predicted octanol–water partition coefficient (Wildman–Crippen LogP) is 2.29. The van der Waals surface area contributed by atoms with Gasteiger partial charge in [-0.15, -0.1) is 0 Å². The van der Waals surface area contributed by atoms with Crippen molar-refractivity contribution in [2.24, 2.45) is 0 Å². The van der Waals surface area contributed by atoms with Crippen LogP contribution in [0.1, 0.15) is 26.8 Å². The highest BCUT2D eigenvalue weighted by molar-refractivity contribution is 6.33. The molecule has 1 aliphatic rings. The van der Waals surface area contributed by atoms with Gasteiger partial charge in [-0.2, -0.15) is 9.97 Å². The van der Waals surface area contributed by atoms with E-state index in [1.54, 1.807) is 6.33 Å². The Kier molecular flexibility index (Phi) is 3.26. The van der Waals surface area contributed by atoms with E-state index >= 15 is 0 Å². The van der Waals surface area contributed by atoms with E-state index in [1.165, 1.54) is 0 Å². The van der Waals surface area contributed by atoms with E-state index in [-0.39, 0.29) is 17.1 Å². The highest BCUT2D eigenvalue weighted by Gasteiger charge is 2.34. The van der Waals surface area contributed by atoms with E-state index in [0.717, 1.165) is 5.76 Å². The van der Waals surface area contributed by atoms with Gasteiger partial charge in [0.15, 0.2) is 10.8 Å². The van der Waals surface area contributed by atoms with Gasteiger partial charge >= 0.3 is 0 Å². The van der Waals surface area contributed by atoms with Crippen molar-refractivity contribution in [3.63, 3.8) is 0 Å². The molecule has 1 atom stereocenters. The number of rotatable bonds is 1. The standard InChI is InChI=1S/C13H16ClN5O2/c1-4-8-7(5-20-13(2,3)21-8)19-6-16-9-10(14)17-12(15)18-11(9)19/h4,6-7H,5H2,1-3H3,(H2,15,17,18). The van der Waals surface area contributed by atoms with Crippen LogP contribution in [0, 0.1) is 0 Å². The lowest BCUT2D eigenvalue weighted by Gasteiger charge is -2.37. The molecule has 112 valence electrons. The van der Waals surface area contributed by atoms with Gasteiger partial charge in [0.25, 0.3) is 0 Å². The van der Waals surface area contributed by atoms with Crippen molar-refractivity contribution in [2.45, 2.75) is 32.6 Å². The Bertz CT molecular complexity index is 725. The molecule has 3 heterocycles. The summed E-state index contributed by atoms with van der Waals surface area (Å²) in [7, 11) is 0. The van der Waals surface area contributed by atoms with Crippen molar-refractivity contribution in [1.29, 1.82) is 0 Å². The van der Waals surface area contributed by atoms with E-state index in [2.05, 4.69) is 15.0 Å². The van der Waals surface area contributed by atoms with Crippen LogP contribution in [0.25, 0.3) is 11.2 Å². The zero-order valence-corrected chi connectivity index (χ0v) is 12.8. The van der Waals surface area contributed by atoms with Crippen LogP contribution in [0.4, 0.5) is 5.95 Å². The Morgan fingerprint density at radius 2 is 2.24 bits per heavy atom. The van der Waals surface area contributed by atoms with E-state index in [0.29, 0.717) is 17.8 Å². The second-order valence-corrected chi connectivity index (χ2v) is 5.57. The molecular weight excluding hydrogens is 294 g/mol. The molecule has 1 fully saturated rings. The Labute approximate surface area is 126 Å². The molecular formula is C13H16ClN5O2. The molecule has 7 nitrogen and oxygen atoms in total. The van der Waals surface area contributed by atoms with Crippen LogP contribution in [0.2, 0.25) is 5.15 Å². The van der Waals surface area contributed by atoms with Crippen LogP contribution in [-0.4, -0.2) is 31.9 Å². The van der Waals surface area contributed by atoms with Crippen LogP contribution in [0.5, 0.6) is 0 Å². The van der Waals surface area contributed by atoms with E-state index in [4.69, 9.17) is 26.8 Å². The lowest BCUT2D eigenvalue weighted by Crippen LogP contribution is -2.38. The molecule has 0 amide bonds. The Balaban J connectivity index is 2.08. The topological polar surface area (TPSA) is 88.1 Å². The van der Waals surface area contributed by atoms with Crippen molar-refractivity contribution < 1.29 is 9.47 Å². The number of fused-ring (bicyclic) bond motifs is 1. The zero-order chi connectivity index (χ0) is 15.2. The molecule has 2 aromatic heterocycles. The third-order valence-electron chi connectivity index (χ3n) is 3.30. The Morgan fingerprint density at radius 1 is 1.48 bits per heavy atom. The third-order valence-corrected chi connectivity index (χ3v) is 3.56. The van der Waals surface area contributed by atoms with Gasteiger partial charge in [0.1, 0.15) is 17.3 Å². The molecule has 0 aromatic carbocycles. The number of allylic oxidation sites excluding steroid dienone is 1. The molecule has 2 aromatic rings. The van der Waals surface area contributed by atoms with Crippen molar-refractivity contribution in [1.82, 2.24) is 19.5 Å². The van der Waals surface area contributed by atoms with Gasteiger partial charge in [-0.05, 0) is 13.0 Å². The van der Waals surface area contributed by atoms with Crippen LogP contribution in [-0.2, 0) is 9.47 Å². The summed E-state index contributed by atoms with van der Waals surface area (Å²) in [6.45, 7) is 6.10. The summed E-state index contributed by atoms with van der Waals surface area (Å²) < 4.78 is 13.4. The van der Waals surface area contributed by atoms with Gasteiger partial charge in [-0.3, -0.25) is 0 Å². The maximum Gasteiger partial charge on any atom is 0.223 e. The van der Waals surface area contributed by atoms with E-state index in [9.17, 15) is 0 Å². The Morgan fingerprint density at radius 3 is 2.95 bits per heavy atom. The summed E-state index contributed by atoms with van der Waals surface area (Å²) in [5.74, 6) is 0.244. The number of anilines is 1. The number of hydrogen-bond acceptors (Lipinski definition) is 6. The summed E-state index contributed by atoms with van der Waals surface area (Å²) in [6.07, 6.45) is 3.55. The molecule has 0 saturated carbocycles. The summed E-state index contributed by atoms with van der Waals surface area (Å²) in [6, 6.07) is -0.168. The second kappa shape index (κ2) is 4.85. The monoisotopic (exact) mass is 309 g/mol. The van der Waals surface area contributed by atoms with Gasteiger partial charge in [0.05, 0.1) is 12.9 Å². The minimum atomic E-state index is -0.652. The number of nitrogens with zero attached hydrogens (tertiary/aromatic N) is 4.